The van der Waals surface area contributed by atoms with Gasteiger partial charge in [-0.25, -0.2) is 4.39 Å². The third-order valence-corrected chi connectivity index (χ3v) is 6.16. The Morgan fingerprint density at radius 1 is 1.28 bits per heavy atom. The van der Waals surface area contributed by atoms with Crippen molar-refractivity contribution in [2.75, 3.05) is 6.61 Å². The summed E-state index contributed by atoms with van der Waals surface area (Å²) in [7, 11) is 0. The number of aliphatic hydroxyl groups is 1. The van der Waals surface area contributed by atoms with Gasteiger partial charge in [0, 0.05) is 28.9 Å². The summed E-state index contributed by atoms with van der Waals surface area (Å²) in [6, 6.07) is 6.73. The molecule has 1 aromatic carbocycles. The van der Waals surface area contributed by atoms with Crippen LogP contribution in [0.4, 0.5) is 17.6 Å². The van der Waals surface area contributed by atoms with Gasteiger partial charge in [0.1, 0.15) is 17.1 Å². The van der Waals surface area contributed by atoms with Gasteiger partial charge in [0.2, 0.25) is 5.43 Å². The van der Waals surface area contributed by atoms with E-state index in [9.17, 15) is 27.5 Å². The zero-order valence-electron chi connectivity index (χ0n) is 17.5. The summed E-state index contributed by atoms with van der Waals surface area (Å²) in [5, 5.41) is 11.1. The van der Waals surface area contributed by atoms with Gasteiger partial charge in [0.05, 0.1) is 18.7 Å². The molecule has 3 heterocycles. The summed E-state index contributed by atoms with van der Waals surface area (Å²) >= 11 is 0. The van der Waals surface area contributed by atoms with Crippen molar-refractivity contribution in [1.82, 2.24) is 9.55 Å². The second-order valence-electron chi connectivity index (χ2n) is 8.65. The van der Waals surface area contributed by atoms with E-state index in [2.05, 4.69) is 4.98 Å². The van der Waals surface area contributed by atoms with Crippen LogP contribution < -0.4 is 10.2 Å². The first-order chi connectivity index (χ1) is 14.9. The van der Waals surface area contributed by atoms with E-state index in [-0.39, 0.29) is 40.6 Å². The van der Waals surface area contributed by atoms with E-state index in [1.54, 1.807) is 6.92 Å². The highest BCUT2D eigenvalue weighted by Crippen LogP contribution is 2.48. The van der Waals surface area contributed by atoms with Crippen molar-refractivity contribution in [2.24, 2.45) is 0 Å². The van der Waals surface area contributed by atoms with Crippen LogP contribution in [-0.4, -0.2) is 33.0 Å². The van der Waals surface area contributed by atoms with Crippen molar-refractivity contribution in [1.29, 1.82) is 0 Å². The van der Waals surface area contributed by atoms with E-state index in [4.69, 9.17) is 4.74 Å². The minimum atomic E-state index is -4.99. The number of benzene rings is 1. The summed E-state index contributed by atoms with van der Waals surface area (Å²) in [6.45, 7) is 2.35. The van der Waals surface area contributed by atoms with Gasteiger partial charge in [-0.2, -0.15) is 13.2 Å². The van der Waals surface area contributed by atoms with E-state index in [1.807, 2.05) is 0 Å². The Bertz CT molecular complexity index is 1240. The highest BCUT2D eigenvalue weighted by Gasteiger charge is 2.57. The molecule has 9 heteroatoms. The molecule has 2 atom stereocenters. The molecule has 1 aliphatic rings. The van der Waals surface area contributed by atoms with Gasteiger partial charge in [-0.3, -0.25) is 9.78 Å². The Morgan fingerprint density at radius 3 is 2.75 bits per heavy atom. The number of alkyl halides is 3. The number of hydrogen-bond donors (Lipinski definition) is 1. The highest BCUT2D eigenvalue weighted by atomic mass is 19.4. The largest absolute Gasteiger partial charge is 0.493 e. The number of aromatic nitrogens is 2. The maximum absolute atomic E-state index is 14.3. The molecule has 0 aliphatic carbocycles. The monoisotopic (exact) mass is 450 g/mol. The lowest BCUT2D eigenvalue weighted by molar-refractivity contribution is -0.272. The molecule has 0 spiro atoms. The molecule has 0 fully saturated rings. The Balaban J connectivity index is 1.81. The van der Waals surface area contributed by atoms with Gasteiger partial charge >= 0.3 is 6.18 Å². The van der Waals surface area contributed by atoms with E-state index in [1.165, 1.54) is 48.1 Å². The Morgan fingerprint density at radius 2 is 2.03 bits per heavy atom. The smallest absolute Gasteiger partial charge is 0.418 e. The first kappa shape index (κ1) is 22.3. The highest BCUT2D eigenvalue weighted by molar-refractivity contribution is 5.74. The number of ether oxygens (including phenoxy) is 1. The van der Waals surface area contributed by atoms with Crippen LogP contribution in [0.1, 0.15) is 30.9 Å². The van der Waals surface area contributed by atoms with E-state index in [0.717, 1.165) is 6.07 Å². The normalized spacial score (nSPS) is 20.5. The van der Waals surface area contributed by atoms with Gasteiger partial charge < -0.3 is 14.4 Å². The molecule has 0 bridgehead atoms. The second-order valence-corrected chi connectivity index (χ2v) is 8.65. The van der Waals surface area contributed by atoms with Crippen LogP contribution in [0.3, 0.4) is 0 Å². The van der Waals surface area contributed by atoms with Gasteiger partial charge in [0.25, 0.3) is 0 Å². The first-order valence-electron chi connectivity index (χ1n) is 10.1. The fraction of sp³-hybridized carbons (Fsp3) is 0.391. The van der Waals surface area contributed by atoms with Crippen LogP contribution in [0.5, 0.6) is 5.75 Å². The van der Waals surface area contributed by atoms with Crippen molar-refractivity contribution in [3.63, 3.8) is 0 Å². The lowest BCUT2D eigenvalue weighted by Crippen LogP contribution is -2.53. The van der Waals surface area contributed by atoms with E-state index < -0.39 is 36.0 Å². The fourth-order valence-corrected chi connectivity index (χ4v) is 4.46. The maximum Gasteiger partial charge on any atom is 0.418 e. The average Bonchev–Trinajstić information content (AvgIpc) is 2.71. The quantitative estimate of drug-likeness (QED) is 0.603. The molecule has 0 saturated heterocycles. The molecule has 1 N–H and O–H groups in total. The number of aryl methyl sites for hydroxylation is 1. The molecule has 1 aliphatic heterocycles. The zero-order valence-corrected chi connectivity index (χ0v) is 17.5. The van der Waals surface area contributed by atoms with Crippen LogP contribution in [0.2, 0.25) is 0 Å². The minimum Gasteiger partial charge on any atom is -0.493 e. The molecule has 2 aromatic heterocycles. The molecule has 0 saturated carbocycles. The van der Waals surface area contributed by atoms with Crippen LogP contribution in [-0.2, 0) is 12.0 Å². The van der Waals surface area contributed by atoms with E-state index >= 15 is 0 Å². The number of pyridine rings is 2. The van der Waals surface area contributed by atoms with Crippen LogP contribution in [0.25, 0.3) is 11.0 Å². The molecule has 0 amide bonds. The fourth-order valence-electron chi connectivity index (χ4n) is 4.46. The number of fused-ring (bicyclic) bond motifs is 2. The number of rotatable bonds is 4. The third-order valence-electron chi connectivity index (χ3n) is 6.16. The van der Waals surface area contributed by atoms with Gasteiger partial charge in [0.15, 0.2) is 5.60 Å². The SMILES string of the molecule is Cc1cn(CC(O)(CC2(C)CCOc3ccc(F)cc32)C(F)(F)F)c2cccnc2c1=O. The summed E-state index contributed by atoms with van der Waals surface area (Å²) in [6.07, 6.45) is -2.85. The molecular weight excluding hydrogens is 428 g/mol. The van der Waals surface area contributed by atoms with Gasteiger partial charge in [-0.15, -0.1) is 0 Å². The summed E-state index contributed by atoms with van der Waals surface area (Å²) in [5.41, 5.74) is -4.02. The summed E-state index contributed by atoms with van der Waals surface area (Å²) < 4.78 is 63.6. The van der Waals surface area contributed by atoms with Crippen molar-refractivity contribution >= 4 is 11.0 Å². The van der Waals surface area contributed by atoms with Crippen molar-refractivity contribution in [3.8, 4) is 5.75 Å². The van der Waals surface area contributed by atoms with Crippen LogP contribution in [0.15, 0.2) is 47.5 Å². The molecule has 170 valence electrons. The molecule has 5 nitrogen and oxygen atoms in total. The average molecular weight is 450 g/mol. The predicted octanol–water partition coefficient (Wildman–Crippen LogP) is 4.27. The molecule has 4 rings (SSSR count). The zero-order chi connectivity index (χ0) is 23.3. The van der Waals surface area contributed by atoms with Crippen LogP contribution in [0, 0.1) is 12.7 Å². The standard InChI is InChI=1S/C23H22F4N2O3/c1-14-11-29(17-4-3-8-28-19(17)20(14)30)13-22(31,23(25,26)27)12-21(2)7-9-32-18-6-5-15(24)10-16(18)21/h3-6,8,10-11,31H,7,9,12-13H2,1-2H3. The number of nitrogens with zero attached hydrogens (tertiary/aromatic N) is 2. The number of halogens is 4. The Labute approximate surface area is 181 Å². The van der Waals surface area contributed by atoms with Gasteiger partial charge in [-0.1, -0.05) is 6.92 Å². The number of hydrogen-bond acceptors (Lipinski definition) is 4. The maximum atomic E-state index is 14.3. The first-order valence-corrected chi connectivity index (χ1v) is 10.1. The van der Waals surface area contributed by atoms with Gasteiger partial charge in [-0.05, 0) is 50.1 Å². The topological polar surface area (TPSA) is 64.3 Å². The van der Waals surface area contributed by atoms with Crippen molar-refractivity contribution < 1.29 is 27.4 Å². The lowest BCUT2D eigenvalue weighted by Gasteiger charge is -2.42. The summed E-state index contributed by atoms with van der Waals surface area (Å²) in [4.78, 5) is 16.4. The molecular formula is C23H22F4N2O3. The Kier molecular flexibility index (Phi) is 5.27. The molecule has 3 aromatic rings. The van der Waals surface area contributed by atoms with E-state index in [0.29, 0.717) is 5.75 Å². The van der Waals surface area contributed by atoms with Crippen LogP contribution >= 0.6 is 0 Å². The minimum absolute atomic E-state index is 0.0294. The van der Waals surface area contributed by atoms with Crippen molar-refractivity contribution in [3.05, 3.63) is 69.9 Å². The molecule has 2 unspecified atom stereocenters. The third kappa shape index (κ3) is 3.74. The van der Waals surface area contributed by atoms with Crippen molar-refractivity contribution in [2.45, 2.75) is 50.4 Å². The Hall–Kier alpha value is -2.94. The molecule has 0 radical (unpaired) electrons. The lowest BCUT2D eigenvalue weighted by atomic mass is 9.70. The second kappa shape index (κ2) is 7.58. The summed E-state index contributed by atoms with van der Waals surface area (Å²) in [5.74, 6) is -0.289. The molecule has 32 heavy (non-hydrogen) atoms. The predicted molar refractivity (Wildman–Crippen MR) is 110 cm³/mol.